The Balaban J connectivity index is 2.01. The number of aryl methyl sites for hydroxylation is 1. The number of benzene rings is 1. The van der Waals surface area contributed by atoms with Crippen molar-refractivity contribution in [1.82, 2.24) is 14.6 Å². The lowest BCUT2D eigenvalue weighted by Gasteiger charge is -2.18. The van der Waals surface area contributed by atoms with Crippen molar-refractivity contribution in [2.75, 3.05) is 20.2 Å². The second kappa shape index (κ2) is 8.77. The number of sulfonamides is 1. The fourth-order valence-electron chi connectivity index (χ4n) is 2.32. The summed E-state index contributed by atoms with van der Waals surface area (Å²) in [7, 11) is -2.38. The van der Waals surface area contributed by atoms with Gasteiger partial charge in [0.2, 0.25) is 15.9 Å². The summed E-state index contributed by atoms with van der Waals surface area (Å²) in [6.45, 7) is 4.20. The van der Waals surface area contributed by atoms with Gasteiger partial charge in [0.05, 0.1) is 18.0 Å². The Labute approximate surface area is 154 Å². The van der Waals surface area contributed by atoms with Crippen molar-refractivity contribution in [2.24, 2.45) is 0 Å². The van der Waals surface area contributed by atoms with E-state index >= 15 is 0 Å². The molecule has 1 heterocycles. The molecule has 140 valence electrons. The van der Waals surface area contributed by atoms with E-state index in [1.807, 2.05) is 6.92 Å². The number of likely N-dealkylation sites (N-methyl/N-ethyl adjacent to an activating group) is 1. The van der Waals surface area contributed by atoms with E-state index in [4.69, 9.17) is 4.74 Å². The molecule has 0 radical (unpaired) electrons. The quantitative estimate of drug-likeness (QED) is 0.757. The lowest BCUT2D eigenvalue weighted by atomic mass is 10.2. The molecule has 0 aliphatic carbocycles. The lowest BCUT2D eigenvalue weighted by molar-refractivity contribution is -0.121. The summed E-state index contributed by atoms with van der Waals surface area (Å²) in [5.41, 5.74) is 1.62. The molecule has 7 nitrogen and oxygen atoms in total. The van der Waals surface area contributed by atoms with Gasteiger partial charge in [0.15, 0.2) is 0 Å². The number of carbonyl (C=O) groups excluding carboxylic acids is 1. The SMILES string of the molecule is CCOc1ccc(S(=O)(=O)N(C)CC(=O)NCc2ccncc2)cc1C. The minimum absolute atomic E-state index is 0.128. The summed E-state index contributed by atoms with van der Waals surface area (Å²) >= 11 is 0. The van der Waals surface area contributed by atoms with Crippen LogP contribution in [-0.2, 0) is 21.4 Å². The van der Waals surface area contributed by atoms with Gasteiger partial charge in [0.1, 0.15) is 5.75 Å². The van der Waals surface area contributed by atoms with Crippen LogP contribution in [0.3, 0.4) is 0 Å². The number of pyridine rings is 1. The second-order valence-electron chi connectivity index (χ2n) is 5.75. The van der Waals surface area contributed by atoms with Crippen LogP contribution in [0.5, 0.6) is 5.75 Å². The van der Waals surface area contributed by atoms with Crippen molar-refractivity contribution in [2.45, 2.75) is 25.3 Å². The molecule has 0 saturated carbocycles. The molecule has 0 unspecified atom stereocenters. The smallest absolute Gasteiger partial charge is 0.243 e. The molecule has 26 heavy (non-hydrogen) atoms. The van der Waals surface area contributed by atoms with Gasteiger partial charge >= 0.3 is 0 Å². The fraction of sp³-hybridized carbons (Fsp3) is 0.333. The Kier molecular flexibility index (Phi) is 6.70. The number of aromatic nitrogens is 1. The van der Waals surface area contributed by atoms with Gasteiger partial charge in [-0.05, 0) is 55.3 Å². The predicted molar refractivity (Wildman–Crippen MR) is 98.2 cm³/mol. The van der Waals surface area contributed by atoms with Crippen molar-refractivity contribution in [3.05, 3.63) is 53.9 Å². The first kappa shape index (κ1) is 19.9. The standard InChI is InChI=1S/C18H23N3O4S/c1-4-25-17-6-5-16(11-14(17)2)26(23,24)21(3)13-18(22)20-12-15-7-9-19-10-8-15/h5-11H,4,12-13H2,1-3H3,(H,20,22). The zero-order chi connectivity index (χ0) is 19.2. The molecule has 1 aromatic heterocycles. The maximum atomic E-state index is 12.7. The molecule has 0 bridgehead atoms. The van der Waals surface area contributed by atoms with Crippen LogP contribution in [-0.4, -0.2) is 43.8 Å². The van der Waals surface area contributed by atoms with Gasteiger partial charge in [-0.3, -0.25) is 9.78 Å². The summed E-state index contributed by atoms with van der Waals surface area (Å²) in [5.74, 6) is 0.264. The summed E-state index contributed by atoms with van der Waals surface area (Å²) in [5, 5.41) is 2.70. The van der Waals surface area contributed by atoms with E-state index in [0.717, 1.165) is 15.4 Å². The van der Waals surface area contributed by atoms with Crippen LogP contribution in [0.2, 0.25) is 0 Å². The molecule has 0 fully saturated rings. The highest BCUT2D eigenvalue weighted by molar-refractivity contribution is 7.89. The predicted octanol–water partition coefficient (Wildman–Crippen LogP) is 1.73. The largest absolute Gasteiger partial charge is 0.494 e. The first-order chi connectivity index (χ1) is 12.3. The molecule has 0 saturated heterocycles. The van der Waals surface area contributed by atoms with E-state index in [1.54, 1.807) is 43.6 Å². The van der Waals surface area contributed by atoms with Crippen LogP contribution < -0.4 is 10.1 Å². The van der Waals surface area contributed by atoms with Crippen LogP contribution in [0.25, 0.3) is 0 Å². The van der Waals surface area contributed by atoms with E-state index < -0.39 is 10.0 Å². The highest BCUT2D eigenvalue weighted by Crippen LogP contribution is 2.23. The maximum absolute atomic E-state index is 12.7. The Morgan fingerprint density at radius 1 is 1.23 bits per heavy atom. The third kappa shape index (κ3) is 5.03. The summed E-state index contributed by atoms with van der Waals surface area (Å²) < 4.78 is 31.8. The number of carbonyl (C=O) groups is 1. The van der Waals surface area contributed by atoms with Crippen LogP contribution in [0, 0.1) is 6.92 Å². The molecular formula is C18H23N3O4S. The fourth-order valence-corrected chi connectivity index (χ4v) is 3.54. The third-order valence-corrected chi connectivity index (χ3v) is 5.56. The van der Waals surface area contributed by atoms with Gasteiger partial charge in [-0.25, -0.2) is 8.42 Å². The average molecular weight is 377 g/mol. The highest BCUT2D eigenvalue weighted by Gasteiger charge is 2.23. The Morgan fingerprint density at radius 2 is 1.92 bits per heavy atom. The zero-order valence-electron chi connectivity index (χ0n) is 15.1. The van der Waals surface area contributed by atoms with Crippen molar-refractivity contribution in [3.8, 4) is 5.75 Å². The minimum atomic E-state index is -3.76. The van der Waals surface area contributed by atoms with Gasteiger partial charge in [-0.1, -0.05) is 0 Å². The van der Waals surface area contributed by atoms with E-state index in [9.17, 15) is 13.2 Å². The van der Waals surface area contributed by atoms with Crippen LogP contribution in [0.1, 0.15) is 18.1 Å². The molecule has 1 N–H and O–H groups in total. The molecule has 1 amide bonds. The maximum Gasteiger partial charge on any atom is 0.243 e. The van der Waals surface area contributed by atoms with Crippen molar-refractivity contribution in [1.29, 1.82) is 0 Å². The number of hydrogen-bond acceptors (Lipinski definition) is 5. The van der Waals surface area contributed by atoms with Crippen molar-refractivity contribution >= 4 is 15.9 Å². The van der Waals surface area contributed by atoms with Gasteiger partial charge in [-0.15, -0.1) is 0 Å². The molecule has 1 aromatic carbocycles. The number of rotatable bonds is 8. The third-order valence-electron chi connectivity index (χ3n) is 3.76. The van der Waals surface area contributed by atoms with E-state index in [2.05, 4.69) is 10.3 Å². The molecule has 8 heteroatoms. The van der Waals surface area contributed by atoms with Crippen LogP contribution in [0.4, 0.5) is 0 Å². The van der Waals surface area contributed by atoms with E-state index in [-0.39, 0.29) is 17.3 Å². The first-order valence-corrected chi connectivity index (χ1v) is 9.64. The Bertz CT molecular complexity index is 854. The summed E-state index contributed by atoms with van der Waals surface area (Å²) in [4.78, 5) is 16.1. The topological polar surface area (TPSA) is 88.6 Å². The second-order valence-corrected chi connectivity index (χ2v) is 7.80. The van der Waals surface area contributed by atoms with Gasteiger partial charge in [-0.2, -0.15) is 4.31 Å². The lowest BCUT2D eigenvalue weighted by Crippen LogP contribution is -2.38. The molecule has 2 aromatic rings. The van der Waals surface area contributed by atoms with Crippen LogP contribution >= 0.6 is 0 Å². The highest BCUT2D eigenvalue weighted by atomic mass is 32.2. The van der Waals surface area contributed by atoms with Gasteiger partial charge in [0, 0.05) is 26.0 Å². The molecule has 0 atom stereocenters. The number of amides is 1. The summed E-state index contributed by atoms with van der Waals surface area (Å²) in [6.07, 6.45) is 3.26. The Morgan fingerprint density at radius 3 is 2.54 bits per heavy atom. The monoisotopic (exact) mass is 377 g/mol. The molecule has 0 spiro atoms. The zero-order valence-corrected chi connectivity index (χ0v) is 15.9. The molecule has 0 aliphatic rings. The summed E-state index contributed by atoms with van der Waals surface area (Å²) in [6, 6.07) is 8.22. The van der Waals surface area contributed by atoms with Gasteiger partial charge in [0.25, 0.3) is 0 Å². The molecule has 0 aliphatic heterocycles. The first-order valence-electron chi connectivity index (χ1n) is 8.20. The normalized spacial score (nSPS) is 11.4. The number of hydrogen-bond donors (Lipinski definition) is 1. The van der Waals surface area contributed by atoms with Crippen molar-refractivity contribution in [3.63, 3.8) is 0 Å². The molecular weight excluding hydrogens is 354 g/mol. The minimum Gasteiger partial charge on any atom is -0.494 e. The van der Waals surface area contributed by atoms with E-state index in [1.165, 1.54) is 13.1 Å². The van der Waals surface area contributed by atoms with Gasteiger partial charge < -0.3 is 10.1 Å². The number of nitrogens with zero attached hydrogens (tertiary/aromatic N) is 2. The molecule has 2 rings (SSSR count). The number of ether oxygens (including phenoxy) is 1. The Hall–Kier alpha value is -2.45. The van der Waals surface area contributed by atoms with E-state index in [0.29, 0.717) is 18.9 Å². The van der Waals surface area contributed by atoms with Crippen molar-refractivity contribution < 1.29 is 17.9 Å². The average Bonchev–Trinajstić information content (AvgIpc) is 2.62. The van der Waals surface area contributed by atoms with Crippen LogP contribution in [0.15, 0.2) is 47.6 Å². The number of nitrogens with one attached hydrogen (secondary N) is 1.